The van der Waals surface area contributed by atoms with Gasteiger partial charge in [-0.05, 0) is 18.6 Å². The Morgan fingerprint density at radius 3 is 2.69 bits per heavy atom. The van der Waals surface area contributed by atoms with Gasteiger partial charge in [-0.1, -0.05) is 25.1 Å². The lowest BCUT2D eigenvalue weighted by Crippen LogP contribution is -2.55. The fourth-order valence-electron chi connectivity index (χ4n) is 1.49. The first kappa shape index (κ1) is 8.91. The van der Waals surface area contributed by atoms with Gasteiger partial charge in [-0.3, -0.25) is 0 Å². The maximum Gasteiger partial charge on any atom is 0.162 e. The number of hydrogen-bond acceptors (Lipinski definition) is 2. The SMILES string of the molecule is CCC1CN(c2ccccc2)[S+]1[O-]. The summed E-state index contributed by atoms with van der Waals surface area (Å²) in [6.07, 6.45) is 1.01. The normalized spacial score (nSPS) is 27.1. The van der Waals surface area contributed by atoms with Crippen LogP contribution in [0.1, 0.15) is 13.3 Å². The van der Waals surface area contributed by atoms with Crippen LogP contribution in [0.2, 0.25) is 0 Å². The highest BCUT2D eigenvalue weighted by atomic mass is 32.2. The molecule has 1 fully saturated rings. The zero-order valence-corrected chi connectivity index (χ0v) is 8.46. The third-order valence-corrected chi connectivity index (χ3v) is 4.22. The van der Waals surface area contributed by atoms with E-state index < -0.39 is 11.4 Å². The van der Waals surface area contributed by atoms with Crippen molar-refractivity contribution in [3.63, 3.8) is 0 Å². The molecule has 0 amide bonds. The van der Waals surface area contributed by atoms with Crippen molar-refractivity contribution in [2.24, 2.45) is 0 Å². The summed E-state index contributed by atoms with van der Waals surface area (Å²) in [5.74, 6) is 0. The first-order valence-electron chi connectivity index (χ1n) is 4.56. The molecule has 13 heavy (non-hydrogen) atoms. The lowest BCUT2D eigenvalue weighted by molar-refractivity contribution is 0.544. The van der Waals surface area contributed by atoms with E-state index in [1.807, 2.05) is 34.6 Å². The van der Waals surface area contributed by atoms with E-state index in [9.17, 15) is 4.55 Å². The zero-order valence-electron chi connectivity index (χ0n) is 7.64. The number of hydrogen-bond donors (Lipinski definition) is 0. The van der Waals surface area contributed by atoms with Crippen LogP contribution in [0.5, 0.6) is 0 Å². The van der Waals surface area contributed by atoms with E-state index in [1.54, 1.807) is 0 Å². The molecule has 3 heteroatoms. The third-order valence-electron chi connectivity index (χ3n) is 2.37. The summed E-state index contributed by atoms with van der Waals surface area (Å²) in [4.78, 5) is 0. The van der Waals surface area contributed by atoms with Crippen molar-refractivity contribution < 1.29 is 4.55 Å². The van der Waals surface area contributed by atoms with E-state index in [2.05, 4.69) is 6.92 Å². The van der Waals surface area contributed by atoms with Gasteiger partial charge in [-0.25, -0.2) is 0 Å². The Kier molecular flexibility index (Phi) is 2.47. The first-order chi connectivity index (χ1) is 6.33. The molecule has 2 nitrogen and oxygen atoms in total. The molecule has 0 N–H and O–H groups in total. The highest BCUT2D eigenvalue weighted by Gasteiger charge is 2.41. The largest absolute Gasteiger partial charge is 0.593 e. The zero-order chi connectivity index (χ0) is 9.26. The molecule has 0 bridgehead atoms. The van der Waals surface area contributed by atoms with Crippen LogP contribution in [-0.2, 0) is 11.4 Å². The fraction of sp³-hybridized carbons (Fsp3) is 0.400. The van der Waals surface area contributed by atoms with Gasteiger partial charge in [0.1, 0.15) is 6.54 Å². The molecule has 1 aliphatic rings. The van der Waals surface area contributed by atoms with Crippen LogP contribution >= 0.6 is 0 Å². The number of benzene rings is 1. The van der Waals surface area contributed by atoms with E-state index in [4.69, 9.17) is 0 Å². The first-order valence-corrected chi connectivity index (χ1v) is 5.73. The summed E-state index contributed by atoms with van der Waals surface area (Å²) in [5, 5.41) is 0.375. The molecule has 0 saturated carbocycles. The summed E-state index contributed by atoms with van der Waals surface area (Å²) in [5.41, 5.74) is 1.07. The average Bonchev–Trinajstić information content (AvgIpc) is 2.18. The van der Waals surface area contributed by atoms with E-state index in [1.165, 1.54) is 0 Å². The molecule has 0 aliphatic carbocycles. The minimum Gasteiger partial charge on any atom is -0.593 e. The van der Waals surface area contributed by atoms with Crippen LogP contribution in [-0.4, -0.2) is 16.3 Å². The van der Waals surface area contributed by atoms with Crippen molar-refractivity contribution in [1.29, 1.82) is 0 Å². The van der Waals surface area contributed by atoms with Gasteiger partial charge in [0.25, 0.3) is 0 Å². The quantitative estimate of drug-likeness (QED) is 0.674. The summed E-state index contributed by atoms with van der Waals surface area (Å²) >= 11 is -0.785. The molecular weight excluding hydrogens is 182 g/mol. The molecule has 70 valence electrons. The van der Waals surface area contributed by atoms with Crippen LogP contribution in [0.25, 0.3) is 0 Å². The van der Waals surface area contributed by atoms with Crippen LogP contribution in [0, 0.1) is 0 Å². The Bertz CT molecular complexity index is 278. The van der Waals surface area contributed by atoms with E-state index in [0.717, 1.165) is 18.7 Å². The van der Waals surface area contributed by atoms with Crippen LogP contribution in [0.4, 0.5) is 5.69 Å². The van der Waals surface area contributed by atoms with Gasteiger partial charge in [-0.2, -0.15) is 4.31 Å². The van der Waals surface area contributed by atoms with Crippen molar-refractivity contribution in [2.75, 3.05) is 10.8 Å². The molecule has 1 aromatic rings. The molecule has 1 saturated heterocycles. The Morgan fingerprint density at radius 2 is 2.15 bits per heavy atom. The second-order valence-corrected chi connectivity index (χ2v) is 4.86. The number of nitrogens with zero attached hydrogens (tertiary/aromatic N) is 1. The molecule has 0 radical (unpaired) electrons. The monoisotopic (exact) mass is 195 g/mol. The van der Waals surface area contributed by atoms with Crippen LogP contribution < -0.4 is 4.31 Å². The standard InChI is InChI=1S/C10H13NOS/c1-2-10-8-11(13(10)12)9-6-4-3-5-7-9/h3-7,10H,2,8H2,1H3. The summed E-state index contributed by atoms with van der Waals surface area (Å²) in [7, 11) is 0. The van der Waals surface area contributed by atoms with Gasteiger partial charge in [0.2, 0.25) is 0 Å². The molecule has 2 unspecified atom stereocenters. The molecule has 1 aliphatic heterocycles. The second-order valence-electron chi connectivity index (χ2n) is 3.20. The summed E-state index contributed by atoms with van der Waals surface area (Å²) in [6.45, 7) is 3.03. The highest BCUT2D eigenvalue weighted by molar-refractivity contribution is 7.95. The van der Waals surface area contributed by atoms with E-state index >= 15 is 0 Å². The number of anilines is 1. The fourth-order valence-corrected chi connectivity index (χ4v) is 2.81. The average molecular weight is 195 g/mol. The minimum absolute atomic E-state index is 0.375. The Balaban J connectivity index is 2.06. The second kappa shape index (κ2) is 3.60. The molecule has 1 aromatic carbocycles. The lowest BCUT2D eigenvalue weighted by atomic mass is 10.3. The summed E-state index contributed by atoms with van der Waals surface area (Å²) in [6, 6.07) is 9.94. The van der Waals surface area contributed by atoms with Gasteiger partial charge in [0.05, 0.1) is 17.0 Å². The molecule has 2 atom stereocenters. The molecule has 0 spiro atoms. The molecule has 1 heterocycles. The van der Waals surface area contributed by atoms with Gasteiger partial charge < -0.3 is 4.55 Å². The van der Waals surface area contributed by atoms with Crippen molar-refractivity contribution >= 4 is 17.0 Å². The molecular formula is C10H13NOS. The predicted molar refractivity (Wildman–Crippen MR) is 56.0 cm³/mol. The van der Waals surface area contributed by atoms with E-state index in [-0.39, 0.29) is 0 Å². The van der Waals surface area contributed by atoms with Crippen molar-refractivity contribution in [3.05, 3.63) is 30.3 Å². The Hall–Kier alpha value is -0.670. The smallest absolute Gasteiger partial charge is 0.162 e. The van der Waals surface area contributed by atoms with Crippen molar-refractivity contribution in [2.45, 2.75) is 18.6 Å². The Morgan fingerprint density at radius 1 is 1.46 bits per heavy atom. The topological polar surface area (TPSA) is 26.3 Å². The minimum atomic E-state index is -0.785. The predicted octanol–water partition coefficient (Wildman–Crippen LogP) is 1.95. The van der Waals surface area contributed by atoms with Gasteiger partial charge in [-0.15, -0.1) is 0 Å². The maximum absolute atomic E-state index is 11.6. The number of rotatable bonds is 2. The van der Waals surface area contributed by atoms with Gasteiger partial charge in [0.15, 0.2) is 5.25 Å². The van der Waals surface area contributed by atoms with E-state index in [0.29, 0.717) is 5.25 Å². The van der Waals surface area contributed by atoms with Crippen LogP contribution in [0.15, 0.2) is 30.3 Å². The number of para-hydroxylation sites is 1. The van der Waals surface area contributed by atoms with Crippen LogP contribution in [0.3, 0.4) is 0 Å². The molecule has 0 aromatic heterocycles. The highest BCUT2D eigenvalue weighted by Crippen LogP contribution is 2.30. The lowest BCUT2D eigenvalue weighted by Gasteiger charge is -2.40. The maximum atomic E-state index is 11.6. The van der Waals surface area contributed by atoms with Gasteiger partial charge >= 0.3 is 0 Å². The molecule has 2 rings (SSSR count). The Labute approximate surface area is 81.9 Å². The van der Waals surface area contributed by atoms with Crippen molar-refractivity contribution in [3.8, 4) is 0 Å². The summed E-state index contributed by atoms with van der Waals surface area (Å²) < 4.78 is 13.6. The van der Waals surface area contributed by atoms with Gasteiger partial charge in [0, 0.05) is 0 Å². The van der Waals surface area contributed by atoms with Crippen molar-refractivity contribution in [1.82, 2.24) is 0 Å². The third kappa shape index (κ3) is 1.54.